The van der Waals surface area contributed by atoms with Gasteiger partial charge in [0.1, 0.15) is 0 Å². The van der Waals surface area contributed by atoms with Crippen LogP contribution in [0.3, 0.4) is 0 Å². The Hall–Kier alpha value is -2.71. The number of thiophene rings is 1. The lowest BCUT2D eigenvalue weighted by Crippen LogP contribution is -2.29. The van der Waals surface area contributed by atoms with E-state index in [9.17, 15) is 0 Å². The standard InChI is InChI=1S/C24H19NS/c1-3-8-19(9-4-1)24(20-10-5-2-6-11-20)14-13-21-18(16-24)17-25-23(21)22-12-7-15-26-22/h1-15H,16-17H2. The molecule has 1 aromatic heterocycles. The van der Waals surface area contributed by atoms with Crippen LogP contribution in [0.25, 0.3) is 0 Å². The Morgan fingerprint density at radius 1 is 0.808 bits per heavy atom. The SMILES string of the molecule is C1=CC(c2ccccc2)(c2ccccc2)CC2=C1C(c1cccs1)=NC2. The molecule has 2 heteroatoms. The first-order valence-corrected chi connectivity index (χ1v) is 9.86. The number of hydrogen-bond donors (Lipinski definition) is 0. The molecule has 2 aliphatic rings. The predicted molar refractivity (Wildman–Crippen MR) is 110 cm³/mol. The van der Waals surface area contributed by atoms with Crippen LogP contribution in [0.15, 0.2) is 106 Å². The van der Waals surface area contributed by atoms with Gasteiger partial charge in [0.15, 0.2) is 0 Å². The van der Waals surface area contributed by atoms with Crippen LogP contribution in [-0.2, 0) is 5.41 Å². The molecule has 0 atom stereocenters. The number of rotatable bonds is 3. The van der Waals surface area contributed by atoms with Crippen LogP contribution in [0.5, 0.6) is 0 Å². The summed E-state index contributed by atoms with van der Waals surface area (Å²) < 4.78 is 0. The number of allylic oxidation sites excluding steroid dienone is 3. The van der Waals surface area contributed by atoms with E-state index in [1.807, 2.05) is 0 Å². The van der Waals surface area contributed by atoms with Crippen molar-refractivity contribution in [2.75, 3.05) is 6.54 Å². The third kappa shape index (κ3) is 2.41. The molecule has 0 saturated heterocycles. The molecule has 26 heavy (non-hydrogen) atoms. The zero-order valence-electron chi connectivity index (χ0n) is 14.4. The van der Waals surface area contributed by atoms with E-state index in [0.29, 0.717) is 0 Å². The van der Waals surface area contributed by atoms with Gasteiger partial charge in [-0.2, -0.15) is 0 Å². The molecule has 126 valence electrons. The molecule has 2 heterocycles. The van der Waals surface area contributed by atoms with Gasteiger partial charge in [0.25, 0.3) is 0 Å². The summed E-state index contributed by atoms with van der Waals surface area (Å²) in [6.07, 6.45) is 5.70. The molecule has 1 aliphatic heterocycles. The Morgan fingerprint density at radius 2 is 1.50 bits per heavy atom. The summed E-state index contributed by atoms with van der Waals surface area (Å²) in [5.41, 5.74) is 6.53. The first-order chi connectivity index (χ1) is 12.9. The lowest BCUT2D eigenvalue weighted by Gasteiger charge is -2.35. The molecule has 0 spiro atoms. The largest absolute Gasteiger partial charge is 0.279 e. The smallest absolute Gasteiger partial charge is 0.0822 e. The number of nitrogens with zero attached hydrogens (tertiary/aromatic N) is 1. The third-order valence-corrected chi connectivity index (χ3v) is 6.30. The average molecular weight is 353 g/mol. The van der Waals surface area contributed by atoms with E-state index in [4.69, 9.17) is 4.99 Å². The highest BCUT2D eigenvalue weighted by molar-refractivity contribution is 7.12. The second kappa shape index (κ2) is 6.22. The molecule has 1 nitrogen and oxygen atoms in total. The minimum atomic E-state index is -0.109. The Morgan fingerprint density at radius 3 is 2.12 bits per heavy atom. The quantitative estimate of drug-likeness (QED) is 0.565. The van der Waals surface area contributed by atoms with Gasteiger partial charge in [-0.15, -0.1) is 11.3 Å². The third-order valence-electron chi connectivity index (χ3n) is 5.42. The minimum Gasteiger partial charge on any atom is -0.279 e. The normalized spacial score (nSPS) is 17.9. The van der Waals surface area contributed by atoms with Gasteiger partial charge in [-0.25, -0.2) is 0 Å². The van der Waals surface area contributed by atoms with Gasteiger partial charge in [-0.3, -0.25) is 4.99 Å². The van der Waals surface area contributed by atoms with Crippen LogP contribution < -0.4 is 0 Å². The lowest BCUT2D eigenvalue weighted by atomic mass is 9.67. The van der Waals surface area contributed by atoms with E-state index >= 15 is 0 Å². The number of benzene rings is 2. The van der Waals surface area contributed by atoms with Gasteiger partial charge in [0.2, 0.25) is 0 Å². The lowest BCUT2D eigenvalue weighted by molar-refractivity contribution is 0.620. The Labute approximate surface area is 158 Å². The van der Waals surface area contributed by atoms with E-state index in [1.165, 1.54) is 32.9 Å². The first-order valence-electron chi connectivity index (χ1n) is 8.98. The van der Waals surface area contributed by atoms with Crippen molar-refractivity contribution in [1.82, 2.24) is 0 Å². The predicted octanol–water partition coefficient (Wildman–Crippen LogP) is 5.79. The van der Waals surface area contributed by atoms with Crippen molar-refractivity contribution in [2.24, 2.45) is 4.99 Å². The zero-order valence-corrected chi connectivity index (χ0v) is 15.2. The number of aliphatic imine (C=N–C) groups is 1. The summed E-state index contributed by atoms with van der Waals surface area (Å²) in [5, 5.41) is 2.13. The van der Waals surface area contributed by atoms with Crippen LogP contribution in [-0.4, -0.2) is 12.3 Å². The topological polar surface area (TPSA) is 12.4 Å². The molecule has 0 amide bonds. The van der Waals surface area contributed by atoms with Gasteiger partial charge in [0, 0.05) is 11.0 Å². The fraction of sp³-hybridized carbons (Fsp3) is 0.125. The van der Waals surface area contributed by atoms with Crippen molar-refractivity contribution in [3.63, 3.8) is 0 Å². The summed E-state index contributed by atoms with van der Waals surface area (Å²) in [6.45, 7) is 0.814. The number of hydrogen-bond acceptors (Lipinski definition) is 2. The van der Waals surface area contributed by atoms with Gasteiger partial charge >= 0.3 is 0 Å². The van der Waals surface area contributed by atoms with Crippen LogP contribution in [0, 0.1) is 0 Å². The van der Waals surface area contributed by atoms with Crippen LogP contribution in [0.4, 0.5) is 0 Å². The van der Waals surface area contributed by atoms with Crippen molar-refractivity contribution >= 4 is 17.0 Å². The molecular formula is C24H19NS. The molecule has 1 aliphatic carbocycles. The molecule has 0 unspecified atom stereocenters. The van der Waals surface area contributed by atoms with E-state index in [2.05, 4.69) is 90.3 Å². The highest BCUT2D eigenvalue weighted by Crippen LogP contribution is 2.45. The first kappa shape index (κ1) is 15.5. The van der Waals surface area contributed by atoms with E-state index in [-0.39, 0.29) is 5.41 Å². The molecule has 0 fully saturated rings. The van der Waals surface area contributed by atoms with Crippen LogP contribution in [0.1, 0.15) is 22.4 Å². The maximum absolute atomic E-state index is 4.88. The van der Waals surface area contributed by atoms with Crippen LogP contribution >= 0.6 is 11.3 Å². The fourth-order valence-corrected chi connectivity index (χ4v) is 4.89. The van der Waals surface area contributed by atoms with Crippen LogP contribution in [0.2, 0.25) is 0 Å². The highest BCUT2D eigenvalue weighted by Gasteiger charge is 2.37. The monoisotopic (exact) mass is 353 g/mol. The zero-order chi connectivity index (χ0) is 17.4. The van der Waals surface area contributed by atoms with Gasteiger partial charge in [-0.1, -0.05) is 78.9 Å². The second-order valence-corrected chi connectivity index (χ2v) is 7.82. The van der Waals surface area contributed by atoms with Crippen molar-refractivity contribution < 1.29 is 0 Å². The maximum Gasteiger partial charge on any atom is 0.0822 e. The molecule has 0 bridgehead atoms. The van der Waals surface area contributed by atoms with E-state index in [1.54, 1.807) is 11.3 Å². The van der Waals surface area contributed by atoms with Crippen molar-refractivity contribution in [3.8, 4) is 0 Å². The minimum absolute atomic E-state index is 0.109. The molecule has 0 radical (unpaired) electrons. The molecular weight excluding hydrogens is 334 g/mol. The average Bonchev–Trinajstić information content (AvgIpc) is 3.38. The van der Waals surface area contributed by atoms with E-state index < -0.39 is 0 Å². The molecule has 0 saturated carbocycles. The highest BCUT2D eigenvalue weighted by atomic mass is 32.1. The van der Waals surface area contributed by atoms with Crippen molar-refractivity contribution in [1.29, 1.82) is 0 Å². The Bertz CT molecular complexity index is 969. The maximum atomic E-state index is 4.88. The summed E-state index contributed by atoms with van der Waals surface area (Å²) >= 11 is 1.77. The molecule has 0 N–H and O–H groups in total. The summed E-state index contributed by atoms with van der Waals surface area (Å²) in [6, 6.07) is 26.0. The van der Waals surface area contributed by atoms with E-state index in [0.717, 1.165) is 13.0 Å². The van der Waals surface area contributed by atoms with Gasteiger partial charge in [-0.05, 0) is 34.6 Å². The summed E-state index contributed by atoms with van der Waals surface area (Å²) in [5.74, 6) is 0. The van der Waals surface area contributed by atoms with Gasteiger partial charge in [0.05, 0.1) is 17.1 Å². The van der Waals surface area contributed by atoms with Crippen molar-refractivity contribution in [3.05, 3.63) is 117 Å². The Balaban J connectivity index is 1.61. The summed E-state index contributed by atoms with van der Waals surface area (Å²) in [4.78, 5) is 6.15. The second-order valence-electron chi connectivity index (χ2n) is 6.87. The van der Waals surface area contributed by atoms with Crippen molar-refractivity contribution in [2.45, 2.75) is 11.8 Å². The fourth-order valence-electron chi connectivity index (χ4n) is 4.14. The Kier molecular flexibility index (Phi) is 3.72. The summed E-state index contributed by atoms with van der Waals surface area (Å²) in [7, 11) is 0. The molecule has 2 aromatic carbocycles. The van der Waals surface area contributed by atoms with Gasteiger partial charge < -0.3 is 0 Å². The molecule has 5 rings (SSSR count). The molecule has 3 aromatic rings.